The van der Waals surface area contributed by atoms with E-state index in [1.807, 2.05) is 42.3 Å². The highest BCUT2D eigenvalue weighted by atomic mass is 16.2. The Balaban J connectivity index is 1.23. The van der Waals surface area contributed by atoms with Gasteiger partial charge in [-0.05, 0) is 86.1 Å². The summed E-state index contributed by atoms with van der Waals surface area (Å²) in [6.45, 7) is 6.11. The number of guanidine groups is 1. The molecule has 2 fully saturated rings. The minimum absolute atomic E-state index is 0.0399. The van der Waals surface area contributed by atoms with Crippen molar-refractivity contribution < 1.29 is 4.79 Å². The number of hydrogen-bond donors (Lipinski definition) is 3. The van der Waals surface area contributed by atoms with Crippen LogP contribution < -0.4 is 21.3 Å². The Bertz CT molecular complexity index is 1280. The average Bonchev–Trinajstić information content (AvgIpc) is 2.98. The van der Waals surface area contributed by atoms with Gasteiger partial charge in [-0.25, -0.2) is 4.98 Å². The molecule has 0 unspecified atom stereocenters. The van der Waals surface area contributed by atoms with Gasteiger partial charge in [-0.15, -0.1) is 0 Å². The first-order valence-corrected chi connectivity index (χ1v) is 13.9. The number of rotatable bonds is 6. The highest BCUT2D eigenvalue weighted by Gasteiger charge is 2.32. The lowest BCUT2D eigenvalue weighted by Gasteiger charge is -2.41. The van der Waals surface area contributed by atoms with Crippen molar-refractivity contribution in [3.8, 4) is 0 Å². The molecule has 4 N–H and O–H groups in total. The van der Waals surface area contributed by atoms with E-state index in [2.05, 4.69) is 68.8 Å². The van der Waals surface area contributed by atoms with Gasteiger partial charge >= 0.3 is 0 Å². The van der Waals surface area contributed by atoms with Crippen LogP contribution in [0.4, 0.5) is 17.2 Å². The molecule has 0 aliphatic carbocycles. The van der Waals surface area contributed by atoms with Crippen molar-refractivity contribution in [1.82, 2.24) is 15.2 Å². The maximum Gasteiger partial charge on any atom is 0.253 e. The average molecular weight is 526 g/mol. The van der Waals surface area contributed by atoms with Crippen molar-refractivity contribution in [1.29, 1.82) is 0 Å². The first kappa shape index (κ1) is 26.7. The van der Waals surface area contributed by atoms with Crippen molar-refractivity contribution in [2.75, 3.05) is 43.4 Å². The standard InChI is InChI=1S/C31H39N7O/c1-31(24-7-4-3-5-8-24)16-21-38(22-17-31)27-9-6-18-34-28(27)36-30(32)35-25-12-10-23(11-13-25)29(39)37(2)26-14-19-33-20-15-26/h3-13,18,26,33H,14-17,19-22H2,1-2H3,(H3,32,34,35,36). The number of nitrogens with zero attached hydrogens (tertiary/aromatic N) is 4. The summed E-state index contributed by atoms with van der Waals surface area (Å²) < 4.78 is 0. The molecule has 39 heavy (non-hydrogen) atoms. The van der Waals surface area contributed by atoms with Gasteiger partial charge in [0.15, 0.2) is 11.8 Å². The second-order valence-electron chi connectivity index (χ2n) is 10.9. The van der Waals surface area contributed by atoms with Crippen molar-refractivity contribution in [2.45, 2.75) is 44.1 Å². The largest absolute Gasteiger partial charge is 0.369 e. The van der Waals surface area contributed by atoms with Crippen LogP contribution in [0.2, 0.25) is 0 Å². The maximum absolute atomic E-state index is 13.0. The summed E-state index contributed by atoms with van der Waals surface area (Å²) in [7, 11) is 1.89. The van der Waals surface area contributed by atoms with Crippen molar-refractivity contribution in [2.24, 2.45) is 10.7 Å². The number of aliphatic imine (C=N–C) groups is 1. The minimum atomic E-state index is 0.0399. The Kier molecular flexibility index (Phi) is 8.12. The van der Waals surface area contributed by atoms with E-state index in [4.69, 9.17) is 5.73 Å². The number of benzene rings is 2. The third-order valence-electron chi connectivity index (χ3n) is 8.25. The molecule has 3 aromatic rings. The molecule has 2 aromatic carbocycles. The monoisotopic (exact) mass is 525 g/mol. The van der Waals surface area contributed by atoms with Crippen LogP contribution in [0.1, 0.15) is 48.5 Å². The van der Waals surface area contributed by atoms with Crippen molar-refractivity contribution in [3.63, 3.8) is 0 Å². The fourth-order valence-electron chi connectivity index (χ4n) is 5.64. The zero-order chi connectivity index (χ0) is 27.2. The number of anilines is 2. The van der Waals surface area contributed by atoms with Gasteiger partial charge in [0, 0.05) is 43.6 Å². The van der Waals surface area contributed by atoms with Gasteiger partial charge in [0.2, 0.25) is 0 Å². The molecule has 8 nitrogen and oxygen atoms in total. The summed E-state index contributed by atoms with van der Waals surface area (Å²) in [6.07, 6.45) is 5.82. The molecule has 2 saturated heterocycles. The Morgan fingerprint density at radius 1 is 1.05 bits per heavy atom. The molecule has 0 bridgehead atoms. The first-order valence-electron chi connectivity index (χ1n) is 13.9. The molecule has 3 heterocycles. The second-order valence-corrected chi connectivity index (χ2v) is 10.9. The summed E-state index contributed by atoms with van der Waals surface area (Å²) >= 11 is 0. The van der Waals surface area contributed by atoms with Crippen molar-refractivity contribution in [3.05, 3.63) is 84.1 Å². The van der Waals surface area contributed by atoms with Gasteiger partial charge < -0.3 is 26.2 Å². The van der Waals surface area contributed by atoms with Gasteiger partial charge in [0.25, 0.3) is 5.91 Å². The second kappa shape index (κ2) is 11.9. The van der Waals surface area contributed by atoms with Crippen LogP contribution in [0.5, 0.6) is 0 Å². The van der Waals surface area contributed by atoms with E-state index >= 15 is 0 Å². The van der Waals surface area contributed by atoms with Gasteiger partial charge in [-0.3, -0.25) is 4.79 Å². The number of nitrogens with two attached hydrogens (primary N) is 1. The molecule has 8 heteroatoms. The van der Waals surface area contributed by atoms with Gasteiger partial charge in [-0.2, -0.15) is 4.99 Å². The highest BCUT2D eigenvalue weighted by molar-refractivity contribution is 5.97. The highest BCUT2D eigenvalue weighted by Crippen LogP contribution is 2.38. The van der Waals surface area contributed by atoms with Crippen LogP contribution in [0, 0.1) is 0 Å². The molecule has 1 aromatic heterocycles. The van der Waals surface area contributed by atoms with Crippen LogP contribution in [0.15, 0.2) is 77.9 Å². The van der Waals surface area contributed by atoms with Gasteiger partial charge in [-0.1, -0.05) is 37.3 Å². The lowest BCUT2D eigenvalue weighted by atomic mass is 9.74. The number of carbonyl (C=O) groups is 1. The predicted octanol–water partition coefficient (Wildman–Crippen LogP) is 4.52. The smallest absolute Gasteiger partial charge is 0.253 e. The molecule has 2 aliphatic rings. The summed E-state index contributed by atoms with van der Waals surface area (Å²) in [5, 5.41) is 6.50. The Hall–Kier alpha value is -3.91. The van der Waals surface area contributed by atoms with E-state index in [1.165, 1.54) is 5.56 Å². The molecule has 0 radical (unpaired) electrons. The van der Waals surface area contributed by atoms with E-state index < -0.39 is 0 Å². The molecular weight excluding hydrogens is 486 g/mol. The van der Waals surface area contributed by atoms with E-state index in [0.717, 1.165) is 63.2 Å². The first-order chi connectivity index (χ1) is 18.9. The van der Waals surface area contributed by atoms with Crippen LogP contribution >= 0.6 is 0 Å². The summed E-state index contributed by atoms with van der Waals surface area (Å²) in [4.78, 5) is 26.3. The van der Waals surface area contributed by atoms with Gasteiger partial charge in [0.1, 0.15) is 0 Å². The van der Waals surface area contributed by atoms with Crippen LogP contribution in [-0.2, 0) is 5.41 Å². The molecule has 0 saturated carbocycles. The Morgan fingerprint density at radius 2 is 1.74 bits per heavy atom. The molecule has 0 spiro atoms. The Labute approximate surface area is 231 Å². The fraction of sp³-hybridized carbons (Fsp3) is 0.387. The van der Waals surface area contributed by atoms with E-state index in [9.17, 15) is 4.79 Å². The van der Waals surface area contributed by atoms with Crippen LogP contribution in [-0.4, -0.2) is 61.0 Å². The normalized spacial score (nSPS) is 18.0. The van der Waals surface area contributed by atoms with Crippen LogP contribution in [0.25, 0.3) is 0 Å². The molecule has 204 valence electrons. The number of piperidine rings is 2. The number of pyridine rings is 1. The van der Waals surface area contributed by atoms with E-state index in [-0.39, 0.29) is 23.3 Å². The third kappa shape index (κ3) is 6.23. The number of aromatic nitrogens is 1. The lowest BCUT2D eigenvalue weighted by Crippen LogP contribution is -2.43. The number of hydrogen-bond acceptors (Lipinski definition) is 5. The number of carbonyl (C=O) groups excluding carboxylic acids is 1. The molecule has 1 amide bonds. The summed E-state index contributed by atoms with van der Waals surface area (Å²) in [5.41, 5.74) is 10.3. The summed E-state index contributed by atoms with van der Waals surface area (Å²) in [6, 6.07) is 22.4. The third-order valence-corrected chi connectivity index (χ3v) is 8.25. The molecule has 2 aliphatic heterocycles. The predicted molar refractivity (Wildman–Crippen MR) is 159 cm³/mol. The molecular formula is C31H39N7O. The summed E-state index contributed by atoms with van der Waals surface area (Å²) in [5.74, 6) is 0.895. The molecule has 0 atom stereocenters. The van der Waals surface area contributed by atoms with E-state index in [1.54, 1.807) is 6.20 Å². The van der Waals surface area contributed by atoms with E-state index in [0.29, 0.717) is 11.4 Å². The topological polar surface area (TPSA) is 98.9 Å². The number of nitrogens with one attached hydrogen (secondary N) is 2. The lowest BCUT2D eigenvalue weighted by molar-refractivity contribution is 0.0703. The SMILES string of the molecule is CN(C(=O)c1ccc(N/C(N)=N/c2ncccc2N2CCC(C)(c3ccccc3)CC2)cc1)C1CCNCC1. The maximum atomic E-state index is 13.0. The van der Waals surface area contributed by atoms with Crippen molar-refractivity contribution >= 4 is 29.1 Å². The quantitative estimate of drug-likeness (QED) is 0.323. The number of amides is 1. The van der Waals surface area contributed by atoms with Gasteiger partial charge in [0.05, 0.1) is 5.69 Å². The zero-order valence-electron chi connectivity index (χ0n) is 22.9. The zero-order valence-corrected chi connectivity index (χ0v) is 22.9. The fourth-order valence-corrected chi connectivity index (χ4v) is 5.64. The Morgan fingerprint density at radius 3 is 2.44 bits per heavy atom. The molecule has 5 rings (SSSR count). The van der Waals surface area contributed by atoms with Crippen LogP contribution in [0.3, 0.4) is 0 Å². The minimum Gasteiger partial charge on any atom is -0.369 e.